The number of rotatable bonds is 7. The van der Waals surface area contributed by atoms with E-state index in [1.807, 2.05) is 30.3 Å². The van der Waals surface area contributed by atoms with Gasteiger partial charge in [-0.25, -0.2) is 4.39 Å². The highest BCUT2D eigenvalue weighted by Gasteiger charge is 2.12. The summed E-state index contributed by atoms with van der Waals surface area (Å²) in [6.45, 7) is 0. The van der Waals surface area contributed by atoms with E-state index < -0.39 is 6.10 Å². The molecule has 2 nitrogen and oxygen atoms in total. The van der Waals surface area contributed by atoms with Gasteiger partial charge in [0.1, 0.15) is 11.6 Å². The molecule has 0 heterocycles. The van der Waals surface area contributed by atoms with Gasteiger partial charge in [0.05, 0.1) is 6.10 Å². The summed E-state index contributed by atoms with van der Waals surface area (Å²) < 4.78 is 13.0. The van der Waals surface area contributed by atoms with Crippen LogP contribution in [-0.2, 0) is 17.6 Å². The monoisotopic (exact) mass is 286 g/mol. The summed E-state index contributed by atoms with van der Waals surface area (Å²) in [5.74, 6) is -0.411. The molecule has 0 amide bonds. The Kier molecular flexibility index (Phi) is 5.64. The minimum absolute atomic E-state index is 0.0684. The standard InChI is InChI=1S/C18H19FO2/c19-16-8-4-7-15(11-16)12-18(21)13-17(20)10-9-14-5-2-1-3-6-14/h1-8,11,17,20H,9-10,12-13H2. The molecule has 0 aliphatic rings. The van der Waals surface area contributed by atoms with E-state index in [1.54, 1.807) is 12.1 Å². The quantitative estimate of drug-likeness (QED) is 0.847. The van der Waals surface area contributed by atoms with Crippen molar-refractivity contribution in [3.8, 4) is 0 Å². The van der Waals surface area contributed by atoms with Crippen LogP contribution >= 0.6 is 0 Å². The van der Waals surface area contributed by atoms with Crippen LogP contribution in [0.15, 0.2) is 54.6 Å². The molecule has 0 fully saturated rings. The van der Waals surface area contributed by atoms with Gasteiger partial charge in [-0.05, 0) is 36.1 Å². The fourth-order valence-corrected chi connectivity index (χ4v) is 2.29. The number of carbonyl (C=O) groups excluding carboxylic acids is 1. The smallest absolute Gasteiger partial charge is 0.139 e. The lowest BCUT2D eigenvalue weighted by Crippen LogP contribution is -2.16. The van der Waals surface area contributed by atoms with Crippen molar-refractivity contribution >= 4 is 5.78 Å². The van der Waals surface area contributed by atoms with Crippen LogP contribution in [0.2, 0.25) is 0 Å². The molecule has 0 aromatic heterocycles. The number of Topliss-reactive ketones (excluding diaryl/α,β-unsaturated/α-hetero) is 1. The molecular formula is C18H19FO2. The van der Waals surface area contributed by atoms with Crippen LogP contribution < -0.4 is 0 Å². The molecule has 0 saturated carbocycles. The second-order valence-corrected chi connectivity index (χ2v) is 5.23. The first kappa shape index (κ1) is 15.4. The zero-order valence-electron chi connectivity index (χ0n) is 11.8. The highest BCUT2D eigenvalue weighted by molar-refractivity contribution is 5.81. The Morgan fingerprint density at radius 1 is 1.05 bits per heavy atom. The predicted molar refractivity (Wildman–Crippen MR) is 80.5 cm³/mol. The Labute approximate surface area is 124 Å². The predicted octanol–water partition coefficient (Wildman–Crippen LogP) is 3.32. The van der Waals surface area contributed by atoms with Crippen LogP contribution in [-0.4, -0.2) is 17.0 Å². The highest BCUT2D eigenvalue weighted by atomic mass is 19.1. The lowest BCUT2D eigenvalue weighted by atomic mass is 10.0. The zero-order valence-corrected chi connectivity index (χ0v) is 11.8. The number of halogens is 1. The van der Waals surface area contributed by atoms with Gasteiger partial charge in [-0.15, -0.1) is 0 Å². The molecule has 110 valence electrons. The maximum absolute atomic E-state index is 13.0. The van der Waals surface area contributed by atoms with Crippen molar-refractivity contribution in [3.63, 3.8) is 0 Å². The molecule has 0 spiro atoms. The third-order valence-electron chi connectivity index (χ3n) is 3.36. The van der Waals surface area contributed by atoms with Crippen LogP contribution in [0.1, 0.15) is 24.0 Å². The van der Waals surface area contributed by atoms with Crippen molar-refractivity contribution in [2.75, 3.05) is 0 Å². The van der Waals surface area contributed by atoms with Gasteiger partial charge < -0.3 is 5.11 Å². The molecule has 2 aromatic rings. The van der Waals surface area contributed by atoms with E-state index in [2.05, 4.69) is 0 Å². The molecule has 0 radical (unpaired) electrons. The van der Waals surface area contributed by atoms with Gasteiger partial charge in [0.15, 0.2) is 0 Å². The van der Waals surface area contributed by atoms with Gasteiger partial charge in [-0.3, -0.25) is 4.79 Å². The van der Waals surface area contributed by atoms with Crippen LogP contribution in [0.5, 0.6) is 0 Å². The third kappa shape index (κ3) is 5.48. The number of ketones is 1. The van der Waals surface area contributed by atoms with Gasteiger partial charge in [-0.1, -0.05) is 42.5 Å². The summed E-state index contributed by atoms with van der Waals surface area (Å²) in [5, 5.41) is 9.92. The molecule has 21 heavy (non-hydrogen) atoms. The molecule has 2 rings (SSSR count). The Hall–Kier alpha value is -2.00. The second kappa shape index (κ2) is 7.70. The van der Waals surface area contributed by atoms with E-state index in [0.29, 0.717) is 12.0 Å². The van der Waals surface area contributed by atoms with Crippen molar-refractivity contribution in [2.45, 2.75) is 31.8 Å². The number of aryl methyl sites for hydroxylation is 1. The van der Waals surface area contributed by atoms with E-state index in [4.69, 9.17) is 0 Å². The first-order valence-electron chi connectivity index (χ1n) is 7.11. The average molecular weight is 286 g/mol. The summed E-state index contributed by atoms with van der Waals surface area (Å²) in [5.41, 5.74) is 1.80. The summed E-state index contributed by atoms with van der Waals surface area (Å²) in [4.78, 5) is 11.9. The SMILES string of the molecule is O=C(Cc1cccc(F)c1)CC(O)CCc1ccccc1. The van der Waals surface area contributed by atoms with Crippen LogP contribution in [0.4, 0.5) is 4.39 Å². The Bertz CT molecular complexity index is 581. The average Bonchev–Trinajstić information content (AvgIpc) is 2.46. The van der Waals surface area contributed by atoms with E-state index in [9.17, 15) is 14.3 Å². The first-order valence-corrected chi connectivity index (χ1v) is 7.11. The van der Waals surface area contributed by atoms with Gasteiger partial charge >= 0.3 is 0 Å². The fourth-order valence-electron chi connectivity index (χ4n) is 2.29. The zero-order chi connectivity index (χ0) is 15.1. The Balaban J connectivity index is 1.77. The largest absolute Gasteiger partial charge is 0.393 e. The van der Waals surface area contributed by atoms with E-state index in [0.717, 1.165) is 12.0 Å². The van der Waals surface area contributed by atoms with Crippen molar-refractivity contribution < 1.29 is 14.3 Å². The summed E-state index contributed by atoms with van der Waals surface area (Å²) in [6.07, 6.45) is 0.934. The molecule has 0 aliphatic heterocycles. The molecular weight excluding hydrogens is 267 g/mol. The van der Waals surface area contributed by atoms with Crippen molar-refractivity contribution in [2.24, 2.45) is 0 Å². The molecule has 1 atom stereocenters. The molecule has 1 N–H and O–H groups in total. The molecule has 3 heteroatoms. The number of hydrogen-bond donors (Lipinski definition) is 1. The number of carbonyl (C=O) groups is 1. The van der Waals surface area contributed by atoms with Gasteiger partial charge in [0.25, 0.3) is 0 Å². The van der Waals surface area contributed by atoms with Crippen molar-refractivity contribution in [1.29, 1.82) is 0 Å². The number of hydrogen-bond acceptors (Lipinski definition) is 2. The lowest BCUT2D eigenvalue weighted by molar-refractivity contribution is -0.120. The van der Waals surface area contributed by atoms with Crippen molar-refractivity contribution in [1.82, 2.24) is 0 Å². The fraction of sp³-hybridized carbons (Fsp3) is 0.278. The molecule has 1 unspecified atom stereocenters. The van der Waals surface area contributed by atoms with E-state index in [1.165, 1.54) is 12.1 Å². The summed E-state index contributed by atoms with van der Waals surface area (Å²) >= 11 is 0. The lowest BCUT2D eigenvalue weighted by Gasteiger charge is -2.10. The van der Waals surface area contributed by atoms with Gasteiger partial charge in [0.2, 0.25) is 0 Å². The van der Waals surface area contributed by atoms with Crippen LogP contribution in [0.25, 0.3) is 0 Å². The van der Waals surface area contributed by atoms with Crippen LogP contribution in [0.3, 0.4) is 0 Å². The third-order valence-corrected chi connectivity index (χ3v) is 3.36. The van der Waals surface area contributed by atoms with Gasteiger partial charge in [-0.2, -0.15) is 0 Å². The number of aliphatic hydroxyl groups is 1. The Morgan fingerprint density at radius 3 is 2.48 bits per heavy atom. The Morgan fingerprint density at radius 2 is 1.76 bits per heavy atom. The molecule has 0 bridgehead atoms. The maximum Gasteiger partial charge on any atom is 0.139 e. The number of benzene rings is 2. The van der Waals surface area contributed by atoms with Crippen LogP contribution in [0, 0.1) is 5.82 Å². The van der Waals surface area contributed by atoms with E-state index >= 15 is 0 Å². The summed E-state index contributed by atoms with van der Waals surface area (Å²) in [7, 11) is 0. The number of aliphatic hydroxyl groups excluding tert-OH is 1. The minimum Gasteiger partial charge on any atom is -0.393 e. The molecule has 2 aromatic carbocycles. The topological polar surface area (TPSA) is 37.3 Å². The minimum atomic E-state index is -0.647. The highest BCUT2D eigenvalue weighted by Crippen LogP contribution is 2.10. The summed E-state index contributed by atoms with van der Waals surface area (Å²) in [6, 6.07) is 15.9. The molecule has 0 aliphatic carbocycles. The first-order chi connectivity index (χ1) is 10.1. The van der Waals surface area contributed by atoms with E-state index in [-0.39, 0.29) is 24.4 Å². The normalized spacial score (nSPS) is 12.1. The second-order valence-electron chi connectivity index (χ2n) is 5.23. The molecule has 0 saturated heterocycles. The van der Waals surface area contributed by atoms with Crippen molar-refractivity contribution in [3.05, 3.63) is 71.5 Å². The maximum atomic E-state index is 13.0. The van der Waals surface area contributed by atoms with Gasteiger partial charge in [0, 0.05) is 12.8 Å².